The third-order valence-corrected chi connectivity index (χ3v) is 9.45. The summed E-state index contributed by atoms with van der Waals surface area (Å²) in [6.07, 6.45) is 3.88. The Morgan fingerprint density at radius 3 is 1.59 bits per heavy atom. The molecular formula is C24H34O2Si. The van der Waals surface area contributed by atoms with Crippen LogP contribution < -0.4 is 10.4 Å². The zero-order chi connectivity index (χ0) is 20.1. The summed E-state index contributed by atoms with van der Waals surface area (Å²) in [5, 5.41) is 2.52. The van der Waals surface area contributed by atoms with Crippen LogP contribution in [0.25, 0.3) is 0 Å². The number of benzene rings is 2. The van der Waals surface area contributed by atoms with Crippen molar-refractivity contribution in [3.05, 3.63) is 73.0 Å². The highest BCUT2D eigenvalue weighted by Gasteiger charge is 2.51. The van der Waals surface area contributed by atoms with E-state index in [0.29, 0.717) is 0 Å². The lowest BCUT2D eigenvalue weighted by Crippen LogP contribution is -2.65. The van der Waals surface area contributed by atoms with Crippen molar-refractivity contribution >= 4 is 18.7 Å². The Kier molecular flexibility index (Phi) is 6.71. The Morgan fingerprint density at radius 2 is 1.22 bits per heavy atom. The second-order valence-electron chi connectivity index (χ2n) is 9.04. The molecule has 1 atom stereocenters. The average molecular weight is 383 g/mol. The van der Waals surface area contributed by atoms with Crippen molar-refractivity contribution < 1.29 is 9.16 Å². The van der Waals surface area contributed by atoms with Crippen LogP contribution in [0.15, 0.2) is 73.0 Å². The first-order valence-electron chi connectivity index (χ1n) is 9.70. The van der Waals surface area contributed by atoms with Gasteiger partial charge in [0.25, 0.3) is 0 Å². The van der Waals surface area contributed by atoms with Gasteiger partial charge in [-0.3, -0.25) is 0 Å². The topological polar surface area (TPSA) is 18.5 Å². The van der Waals surface area contributed by atoms with Crippen LogP contribution in [0.2, 0.25) is 5.04 Å². The predicted octanol–water partition coefficient (Wildman–Crippen LogP) is 5.28. The van der Waals surface area contributed by atoms with Gasteiger partial charge in [0, 0.05) is 0 Å². The largest absolute Gasteiger partial charge is 0.540 e. The van der Waals surface area contributed by atoms with E-state index in [1.165, 1.54) is 10.4 Å². The number of rotatable bonds is 6. The smallest absolute Gasteiger partial charge is 0.319 e. The molecule has 2 nitrogen and oxygen atoms in total. The summed E-state index contributed by atoms with van der Waals surface area (Å²) >= 11 is 0. The maximum absolute atomic E-state index is 6.73. The van der Waals surface area contributed by atoms with Crippen LogP contribution in [-0.4, -0.2) is 20.0 Å². The molecule has 0 bridgehead atoms. The van der Waals surface area contributed by atoms with Crippen molar-refractivity contribution in [3.63, 3.8) is 0 Å². The van der Waals surface area contributed by atoms with Crippen LogP contribution in [0, 0.1) is 0 Å². The minimum Gasteiger partial charge on any atom is -0.540 e. The summed E-state index contributed by atoms with van der Waals surface area (Å²) in [6.45, 7) is 15.1. The van der Waals surface area contributed by atoms with Gasteiger partial charge < -0.3 is 9.16 Å². The maximum Gasteiger partial charge on any atom is 0.319 e. The highest BCUT2D eigenvalue weighted by atomic mass is 28.4. The standard InChI is InChI=1S/C24H34O2Si/c1-20(26-23(2,3)4)18-19-25-27(24(5,6)7,21-14-10-8-11-15-21)22-16-12-9-13-17-22/h8-20H,1-7H3. The fourth-order valence-electron chi connectivity index (χ4n) is 3.54. The predicted molar refractivity (Wildman–Crippen MR) is 118 cm³/mol. The number of ether oxygens (including phenoxy) is 1. The van der Waals surface area contributed by atoms with E-state index in [1.54, 1.807) is 0 Å². The molecule has 3 heteroatoms. The highest BCUT2D eigenvalue weighted by molar-refractivity contribution is 6.99. The normalized spacial score (nSPS) is 14.3. The molecule has 0 aliphatic carbocycles. The number of hydrogen-bond acceptors (Lipinski definition) is 2. The third kappa shape index (κ3) is 5.33. The molecule has 0 radical (unpaired) electrons. The molecule has 0 aliphatic rings. The molecule has 0 heterocycles. The van der Waals surface area contributed by atoms with Crippen molar-refractivity contribution in [2.24, 2.45) is 0 Å². The molecule has 2 rings (SSSR count). The van der Waals surface area contributed by atoms with Crippen molar-refractivity contribution in [2.45, 2.75) is 65.2 Å². The summed E-state index contributed by atoms with van der Waals surface area (Å²) in [4.78, 5) is 0. The third-order valence-electron chi connectivity index (χ3n) is 4.55. The van der Waals surface area contributed by atoms with Gasteiger partial charge in [-0.1, -0.05) is 81.4 Å². The van der Waals surface area contributed by atoms with Gasteiger partial charge in [0.05, 0.1) is 18.0 Å². The minimum atomic E-state index is -2.52. The lowest BCUT2D eigenvalue weighted by Gasteiger charge is -2.42. The van der Waals surface area contributed by atoms with Gasteiger partial charge in [-0.05, 0) is 49.2 Å². The van der Waals surface area contributed by atoms with Crippen LogP contribution in [0.4, 0.5) is 0 Å². The summed E-state index contributed by atoms with van der Waals surface area (Å²) in [5.74, 6) is 0. The van der Waals surface area contributed by atoms with Crippen molar-refractivity contribution in [2.75, 3.05) is 0 Å². The van der Waals surface area contributed by atoms with Crippen LogP contribution in [0.5, 0.6) is 0 Å². The van der Waals surface area contributed by atoms with Crippen LogP contribution in [-0.2, 0) is 9.16 Å². The van der Waals surface area contributed by atoms with E-state index in [4.69, 9.17) is 9.16 Å². The van der Waals surface area contributed by atoms with E-state index in [1.807, 2.05) is 12.3 Å². The zero-order valence-corrected chi connectivity index (χ0v) is 18.8. The van der Waals surface area contributed by atoms with Gasteiger partial charge in [-0.25, -0.2) is 0 Å². The molecule has 0 aromatic heterocycles. The van der Waals surface area contributed by atoms with E-state index in [-0.39, 0.29) is 16.7 Å². The molecule has 0 aliphatic heterocycles. The zero-order valence-electron chi connectivity index (χ0n) is 17.8. The average Bonchev–Trinajstić information content (AvgIpc) is 2.57. The van der Waals surface area contributed by atoms with Gasteiger partial charge >= 0.3 is 8.32 Å². The Hall–Kier alpha value is -1.84. The molecule has 0 fully saturated rings. The number of hydrogen-bond donors (Lipinski definition) is 0. The molecule has 0 amide bonds. The van der Waals surface area contributed by atoms with Gasteiger partial charge in [0.2, 0.25) is 0 Å². The van der Waals surface area contributed by atoms with Gasteiger partial charge in [-0.15, -0.1) is 0 Å². The summed E-state index contributed by atoms with van der Waals surface area (Å²) < 4.78 is 12.7. The Labute approximate surface area is 166 Å². The minimum absolute atomic E-state index is 0.0109. The molecule has 0 saturated carbocycles. The van der Waals surface area contributed by atoms with Crippen LogP contribution in [0.1, 0.15) is 48.5 Å². The maximum atomic E-state index is 6.73. The van der Waals surface area contributed by atoms with E-state index >= 15 is 0 Å². The first-order chi connectivity index (χ1) is 12.6. The van der Waals surface area contributed by atoms with Crippen molar-refractivity contribution in [1.29, 1.82) is 0 Å². The molecule has 1 unspecified atom stereocenters. The molecule has 0 spiro atoms. The molecule has 2 aromatic rings. The summed E-state index contributed by atoms with van der Waals surface area (Å²) in [7, 11) is -2.52. The lowest BCUT2D eigenvalue weighted by molar-refractivity contribution is -0.0303. The van der Waals surface area contributed by atoms with Gasteiger partial charge in [0.1, 0.15) is 0 Å². The van der Waals surface area contributed by atoms with E-state index in [0.717, 1.165) is 0 Å². The van der Waals surface area contributed by atoms with Crippen LogP contribution in [0.3, 0.4) is 0 Å². The fraction of sp³-hybridized carbons (Fsp3) is 0.417. The first kappa shape index (κ1) is 21.5. The second kappa shape index (κ2) is 8.45. The molecule has 0 saturated heterocycles. The lowest BCUT2D eigenvalue weighted by atomic mass is 10.2. The van der Waals surface area contributed by atoms with E-state index in [2.05, 4.69) is 109 Å². The molecule has 2 aromatic carbocycles. The second-order valence-corrected chi connectivity index (χ2v) is 13.3. The van der Waals surface area contributed by atoms with E-state index < -0.39 is 8.32 Å². The Morgan fingerprint density at radius 1 is 0.778 bits per heavy atom. The fourth-order valence-corrected chi connectivity index (χ4v) is 7.84. The molecular weight excluding hydrogens is 348 g/mol. The van der Waals surface area contributed by atoms with Crippen LogP contribution >= 0.6 is 0 Å². The molecule has 27 heavy (non-hydrogen) atoms. The van der Waals surface area contributed by atoms with E-state index in [9.17, 15) is 0 Å². The summed E-state index contributed by atoms with van der Waals surface area (Å²) in [6, 6.07) is 21.3. The van der Waals surface area contributed by atoms with Gasteiger partial charge in [0.15, 0.2) is 0 Å². The monoisotopic (exact) mass is 382 g/mol. The first-order valence-corrected chi connectivity index (χ1v) is 11.6. The summed E-state index contributed by atoms with van der Waals surface area (Å²) in [5.41, 5.74) is -0.179. The van der Waals surface area contributed by atoms with Gasteiger partial charge in [-0.2, -0.15) is 0 Å². The van der Waals surface area contributed by atoms with Crippen molar-refractivity contribution in [1.82, 2.24) is 0 Å². The Bertz CT molecular complexity index is 685. The highest BCUT2D eigenvalue weighted by Crippen LogP contribution is 2.36. The van der Waals surface area contributed by atoms with Crippen molar-refractivity contribution in [3.8, 4) is 0 Å². The molecule has 146 valence electrons. The Balaban J connectivity index is 2.47. The quantitative estimate of drug-likeness (QED) is 0.500. The molecule has 0 N–H and O–H groups in total. The SMILES string of the molecule is CC(C=CO[Si](c1ccccc1)(c1ccccc1)C(C)(C)C)OC(C)(C)C.